The second-order valence-electron chi connectivity index (χ2n) is 6.95. The minimum absolute atomic E-state index is 0.0125. The van der Waals surface area contributed by atoms with Gasteiger partial charge in [-0.3, -0.25) is 4.79 Å². The molecule has 2 heterocycles. The van der Waals surface area contributed by atoms with Crippen LogP contribution in [0.25, 0.3) is 22.0 Å². The first-order valence-electron chi connectivity index (χ1n) is 8.93. The number of sulfone groups is 1. The highest BCUT2D eigenvalue weighted by Gasteiger charge is 2.21. The SMILES string of the molecule is Cc1[nH]c(=O)c2[nH]cc(-c3cc(S(C)(=O)=O)ccc3Oc3ccc(F)cc3F)c2c1Cl. The molecular formula is C21H15ClF2N2O4S. The van der Waals surface area contributed by atoms with Crippen LogP contribution in [0.3, 0.4) is 0 Å². The summed E-state index contributed by atoms with van der Waals surface area (Å²) in [6.07, 6.45) is 2.53. The number of pyridine rings is 1. The number of nitrogens with one attached hydrogen (secondary N) is 2. The van der Waals surface area contributed by atoms with Gasteiger partial charge in [0.05, 0.1) is 9.92 Å². The highest BCUT2D eigenvalue weighted by molar-refractivity contribution is 7.90. The number of H-pyrrole nitrogens is 2. The van der Waals surface area contributed by atoms with E-state index in [9.17, 15) is 22.0 Å². The molecule has 0 saturated heterocycles. The zero-order chi connectivity index (χ0) is 22.5. The second-order valence-corrected chi connectivity index (χ2v) is 9.35. The van der Waals surface area contributed by atoms with Gasteiger partial charge in [-0.05, 0) is 37.3 Å². The minimum Gasteiger partial charge on any atom is -0.454 e. The Morgan fingerprint density at radius 1 is 1.03 bits per heavy atom. The van der Waals surface area contributed by atoms with Gasteiger partial charge in [0, 0.05) is 40.7 Å². The lowest BCUT2D eigenvalue weighted by Crippen LogP contribution is -2.08. The van der Waals surface area contributed by atoms with E-state index in [-0.39, 0.29) is 32.5 Å². The van der Waals surface area contributed by atoms with Gasteiger partial charge in [-0.1, -0.05) is 11.6 Å². The summed E-state index contributed by atoms with van der Waals surface area (Å²) in [6, 6.07) is 6.85. The summed E-state index contributed by atoms with van der Waals surface area (Å²) in [5, 5.41) is 0.618. The summed E-state index contributed by atoms with van der Waals surface area (Å²) in [5.74, 6) is -1.86. The third-order valence-corrected chi connectivity index (χ3v) is 6.32. The molecule has 4 aromatic rings. The summed E-state index contributed by atoms with van der Waals surface area (Å²) in [4.78, 5) is 17.8. The highest BCUT2D eigenvalue weighted by Crippen LogP contribution is 2.41. The first-order chi connectivity index (χ1) is 14.6. The van der Waals surface area contributed by atoms with E-state index in [4.69, 9.17) is 16.3 Å². The zero-order valence-electron chi connectivity index (χ0n) is 16.2. The van der Waals surface area contributed by atoms with Crippen LogP contribution in [0.5, 0.6) is 11.5 Å². The van der Waals surface area contributed by atoms with E-state index < -0.39 is 27.0 Å². The van der Waals surface area contributed by atoms with Crippen molar-refractivity contribution in [2.75, 3.05) is 6.26 Å². The number of hydrogen-bond donors (Lipinski definition) is 2. The highest BCUT2D eigenvalue weighted by atomic mass is 35.5. The molecule has 31 heavy (non-hydrogen) atoms. The molecule has 160 valence electrons. The molecule has 2 aromatic carbocycles. The fourth-order valence-electron chi connectivity index (χ4n) is 3.23. The fraction of sp³-hybridized carbons (Fsp3) is 0.0952. The first-order valence-corrected chi connectivity index (χ1v) is 11.2. The molecule has 0 amide bonds. The lowest BCUT2D eigenvalue weighted by molar-refractivity contribution is 0.438. The third-order valence-electron chi connectivity index (χ3n) is 4.74. The van der Waals surface area contributed by atoms with Crippen LogP contribution in [0, 0.1) is 18.6 Å². The molecule has 0 fully saturated rings. The number of aromatic amines is 2. The van der Waals surface area contributed by atoms with E-state index in [0.29, 0.717) is 22.7 Å². The Morgan fingerprint density at radius 3 is 2.42 bits per heavy atom. The Labute approximate surface area is 180 Å². The fourth-order valence-corrected chi connectivity index (χ4v) is 4.12. The number of rotatable bonds is 4. The molecular weight excluding hydrogens is 450 g/mol. The van der Waals surface area contributed by atoms with Gasteiger partial charge in [-0.25, -0.2) is 17.2 Å². The van der Waals surface area contributed by atoms with Crippen molar-refractivity contribution in [2.45, 2.75) is 11.8 Å². The number of benzene rings is 2. The van der Waals surface area contributed by atoms with Crippen molar-refractivity contribution in [3.05, 3.63) is 75.3 Å². The average molecular weight is 465 g/mol. The van der Waals surface area contributed by atoms with Gasteiger partial charge in [-0.15, -0.1) is 0 Å². The van der Waals surface area contributed by atoms with Gasteiger partial charge >= 0.3 is 0 Å². The molecule has 0 saturated carbocycles. The molecule has 0 aliphatic heterocycles. The number of aromatic nitrogens is 2. The van der Waals surface area contributed by atoms with Gasteiger partial charge in [-0.2, -0.15) is 0 Å². The van der Waals surface area contributed by atoms with E-state index in [1.54, 1.807) is 6.92 Å². The zero-order valence-corrected chi connectivity index (χ0v) is 17.8. The molecule has 0 radical (unpaired) electrons. The van der Waals surface area contributed by atoms with Crippen molar-refractivity contribution >= 4 is 32.3 Å². The molecule has 10 heteroatoms. The molecule has 2 aromatic heterocycles. The topological polar surface area (TPSA) is 92.0 Å². The number of ether oxygens (including phenoxy) is 1. The molecule has 0 spiro atoms. The molecule has 6 nitrogen and oxygen atoms in total. The van der Waals surface area contributed by atoms with Crippen molar-refractivity contribution in [3.63, 3.8) is 0 Å². The van der Waals surface area contributed by atoms with Gasteiger partial charge in [0.1, 0.15) is 17.1 Å². The smallest absolute Gasteiger partial charge is 0.272 e. The van der Waals surface area contributed by atoms with Crippen molar-refractivity contribution in [1.82, 2.24) is 9.97 Å². The molecule has 0 aliphatic carbocycles. The summed E-state index contributed by atoms with van der Waals surface area (Å²) in [7, 11) is -3.59. The maximum Gasteiger partial charge on any atom is 0.272 e. The van der Waals surface area contributed by atoms with Crippen LogP contribution in [0.15, 0.2) is 52.3 Å². The number of hydrogen-bond acceptors (Lipinski definition) is 4. The molecule has 2 N–H and O–H groups in total. The lowest BCUT2D eigenvalue weighted by Gasteiger charge is -2.13. The van der Waals surface area contributed by atoms with Crippen LogP contribution in [-0.2, 0) is 9.84 Å². The number of aryl methyl sites for hydroxylation is 1. The molecule has 0 bridgehead atoms. The Bertz CT molecular complexity index is 1510. The monoisotopic (exact) mass is 464 g/mol. The van der Waals surface area contributed by atoms with Crippen molar-refractivity contribution in [2.24, 2.45) is 0 Å². The second kappa shape index (κ2) is 7.51. The van der Waals surface area contributed by atoms with E-state index in [1.165, 1.54) is 24.4 Å². The quantitative estimate of drug-likeness (QED) is 0.446. The molecule has 4 rings (SSSR count). The minimum atomic E-state index is -3.59. The van der Waals surface area contributed by atoms with Crippen LogP contribution in [0.2, 0.25) is 5.02 Å². The van der Waals surface area contributed by atoms with Gasteiger partial charge in [0.15, 0.2) is 21.4 Å². The lowest BCUT2D eigenvalue weighted by atomic mass is 10.0. The van der Waals surface area contributed by atoms with Gasteiger partial charge in [0.25, 0.3) is 5.56 Å². The first kappa shape index (κ1) is 21.1. The predicted octanol–water partition coefficient (Wildman–Crippen LogP) is 4.96. The van der Waals surface area contributed by atoms with Crippen molar-refractivity contribution < 1.29 is 21.9 Å². The largest absolute Gasteiger partial charge is 0.454 e. The normalized spacial score (nSPS) is 11.8. The van der Waals surface area contributed by atoms with Crippen LogP contribution < -0.4 is 10.3 Å². The Morgan fingerprint density at radius 2 is 1.74 bits per heavy atom. The number of fused-ring (bicyclic) bond motifs is 1. The maximum absolute atomic E-state index is 14.2. The maximum atomic E-state index is 14.2. The Balaban J connectivity index is 2.00. The molecule has 0 atom stereocenters. The standard InChI is InChI=1S/C21H15ClF2N2O4S/c1-10-19(22)18-14(9-25-20(18)21(27)26-10)13-8-12(31(2,28)29)4-6-16(13)30-17-5-3-11(23)7-15(17)24/h3-9,25H,1-2H3,(H,26,27). The van der Waals surface area contributed by atoms with E-state index in [2.05, 4.69) is 9.97 Å². The summed E-state index contributed by atoms with van der Waals surface area (Å²) in [6.45, 7) is 1.62. The predicted molar refractivity (Wildman–Crippen MR) is 114 cm³/mol. The van der Waals surface area contributed by atoms with Crippen molar-refractivity contribution in [1.29, 1.82) is 0 Å². The average Bonchev–Trinajstić information content (AvgIpc) is 3.13. The summed E-state index contributed by atoms with van der Waals surface area (Å²) < 4.78 is 57.3. The Kier molecular flexibility index (Phi) is 5.10. The summed E-state index contributed by atoms with van der Waals surface area (Å²) in [5.41, 5.74) is 0.845. The third kappa shape index (κ3) is 3.82. The van der Waals surface area contributed by atoms with Gasteiger partial charge in [0.2, 0.25) is 0 Å². The van der Waals surface area contributed by atoms with Crippen LogP contribution in [-0.4, -0.2) is 24.6 Å². The van der Waals surface area contributed by atoms with Crippen LogP contribution >= 0.6 is 11.6 Å². The Hall–Kier alpha value is -3.17. The molecule has 0 aliphatic rings. The van der Waals surface area contributed by atoms with E-state index >= 15 is 0 Å². The summed E-state index contributed by atoms with van der Waals surface area (Å²) >= 11 is 6.43. The van der Waals surface area contributed by atoms with E-state index in [1.807, 2.05) is 0 Å². The van der Waals surface area contributed by atoms with Gasteiger partial charge < -0.3 is 14.7 Å². The van der Waals surface area contributed by atoms with Crippen LogP contribution in [0.1, 0.15) is 5.69 Å². The van der Waals surface area contributed by atoms with E-state index in [0.717, 1.165) is 18.4 Å². The van der Waals surface area contributed by atoms with Crippen LogP contribution in [0.4, 0.5) is 8.78 Å². The molecule has 0 unspecified atom stereocenters. The number of halogens is 3. The van der Waals surface area contributed by atoms with Crippen molar-refractivity contribution in [3.8, 4) is 22.6 Å².